The van der Waals surface area contributed by atoms with Crippen LogP contribution in [-0.2, 0) is 5.75 Å². The molecular weight excluding hydrogens is 198 g/mol. The molecule has 0 aliphatic carbocycles. The molecule has 0 unspecified atom stereocenters. The molecule has 0 aliphatic rings. The van der Waals surface area contributed by atoms with Crippen LogP contribution in [0, 0.1) is 5.41 Å². The average Bonchev–Trinajstić information content (AvgIpc) is 2.15. The molecule has 0 aromatic heterocycles. The zero-order chi connectivity index (χ0) is 10.6. The predicted octanol–water partition coefficient (Wildman–Crippen LogP) is 0.912. The fourth-order valence-electron chi connectivity index (χ4n) is 0.926. The molecule has 0 saturated carbocycles. The van der Waals surface area contributed by atoms with Crippen molar-refractivity contribution >= 4 is 22.8 Å². The van der Waals surface area contributed by atoms with Gasteiger partial charge in [-0.25, -0.2) is 0 Å². The van der Waals surface area contributed by atoms with Gasteiger partial charge in [0, 0.05) is 11.3 Å². The third-order valence-electron chi connectivity index (χ3n) is 1.63. The first kappa shape index (κ1) is 10.6. The van der Waals surface area contributed by atoms with Gasteiger partial charge in [-0.05, 0) is 17.7 Å². The Balaban J connectivity index is 2.64. The van der Waals surface area contributed by atoms with E-state index in [4.69, 9.17) is 16.9 Å². The second-order valence-electron chi connectivity index (χ2n) is 2.71. The van der Waals surface area contributed by atoms with E-state index in [0.29, 0.717) is 11.3 Å². The molecule has 5 N–H and O–H groups in total. The number of amides is 1. The number of hydrogen-bond acceptors (Lipinski definition) is 3. The third-order valence-corrected chi connectivity index (χ3v) is 2.42. The van der Waals surface area contributed by atoms with Crippen molar-refractivity contribution in [2.45, 2.75) is 5.75 Å². The van der Waals surface area contributed by atoms with Crippen LogP contribution in [0.1, 0.15) is 15.9 Å². The first-order chi connectivity index (χ1) is 6.59. The zero-order valence-electron chi connectivity index (χ0n) is 7.49. The highest BCUT2D eigenvalue weighted by atomic mass is 32.2. The number of rotatable bonds is 3. The lowest BCUT2D eigenvalue weighted by Crippen LogP contribution is -2.10. The molecule has 0 heterocycles. The molecule has 14 heavy (non-hydrogen) atoms. The van der Waals surface area contributed by atoms with Crippen molar-refractivity contribution < 1.29 is 4.79 Å². The average molecular weight is 209 g/mol. The molecule has 1 rings (SSSR count). The summed E-state index contributed by atoms with van der Waals surface area (Å²) in [5, 5.41) is 7.11. The van der Waals surface area contributed by atoms with Crippen molar-refractivity contribution in [3.63, 3.8) is 0 Å². The van der Waals surface area contributed by atoms with Crippen LogP contribution >= 0.6 is 11.8 Å². The van der Waals surface area contributed by atoms with Gasteiger partial charge in [0.15, 0.2) is 5.17 Å². The highest BCUT2D eigenvalue weighted by molar-refractivity contribution is 8.13. The lowest BCUT2D eigenvalue weighted by atomic mass is 10.1. The Labute approximate surface area is 86.2 Å². The Morgan fingerprint density at radius 3 is 2.29 bits per heavy atom. The van der Waals surface area contributed by atoms with Gasteiger partial charge < -0.3 is 11.5 Å². The number of nitrogens with one attached hydrogen (secondary N) is 1. The van der Waals surface area contributed by atoms with Gasteiger partial charge in [0.2, 0.25) is 5.91 Å². The smallest absolute Gasteiger partial charge is 0.248 e. The van der Waals surface area contributed by atoms with Crippen LogP contribution in [0.25, 0.3) is 0 Å². The normalized spacial score (nSPS) is 9.71. The molecule has 4 nitrogen and oxygen atoms in total. The van der Waals surface area contributed by atoms with E-state index in [2.05, 4.69) is 0 Å². The molecule has 1 aromatic carbocycles. The molecule has 1 aromatic rings. The van der Waals surface area contributed by atoms with E-state index in [1.165, 1.54) is 11.8 Å². The number of amidine groups is 1. The standard InChI is InChI=1S/C9H11N3OS/c10-8(13)7-3-1-6(2-4-7)5-14-9(11)12/h1-4H,5H2,(H2,10,13)(H3,11,12). The van der Waals surface area contributed by atoms with Gasteiger partial charge in [-0.15, -0.1) is 0 Å². The number of carbonyl (C=O) groups is 1. The Morgan fingerprint density at radius 2 is 1.86 bits per heavy atom. The lowest BCUT2D eigenvalue weighted by molar-refractivity contribution is 0.100. The minimum Gasteiger partial charge on any atom is -0.379 e. The van der Waals surface area contributed by atoms with Gasteiger partial charge in [0.25, 0.3) is 0 Å². The number of nitrogens with two attached hydrogens (primary N) is 2. The quantitative estimate of drug-likeness (QED) is 0.510. The third kappa shape index (κ3) is 3.10. The Bertz CT molecular complexity index is 348. The van der Waals surface area contributed by atoms with Crippen molar-refractivity contribution in [3.8, 4) is 0 Å². The Morgan fingerprint density at radius 1 is 1.29 bits per heavy atom. The summed E-state index contributed by atoms with van der Waals surface area (Å²) in [6, 6.07) is 6.93. The van der Waals surface area contributed by atoms with Crippen LogP contribution < -0.4 is 11.5 Å². The van der Waals surface area contributed by atoms with Crippen molar-refractivity contribution in [3.05, 3.63) is 35.4 Å². The summed E-state index contributed by atoms with van der Waals surface area (Å²) in [4.78, 5) is 10.7. The summed E-state index contributed by atoms with van der Waals surface area (Å²) in [5.41, 5.74) is 11.8. The summed E-state index contributed by atoms with van der Waals surface area (Å²) in [6.45, 7) is 0. The fourth-order valence-corrected chi connectivity index (χ4v) is 1.44. The van der Waals surface area contributed by atoms with Gasteiger partial charge >= 0.3 is 0 Å². The van der Waals surface area contributed by atoms with E-state index in [-0.39, 0.29) is 5.17 Å². The van der Waals surface area contributed by atoms with Gasteiger partial charge in [-0.1, -0.05) is 23.9 Å². The van der Waals surface area contributed by atoms with E-state index < -0.39 is 5.91 Å². The van der Waals surface area contributed by atoms with Crippen LogP contribution in [-0.4, -0.2) is 11.1 Å². The molecule has 0 atom stereocenters. The van der Waals surface area contributed by atoms with Gasteiger partial charge in [0.1, 0.15) is 0 Å². The molecule has 0 radical (unpaired) electrons. The van der Waals surface area contributed by atoms with Crippen LogP contribution in [0.2, 0.25) is 0 Å². The first-order valence-electron chi connectivity index (χ1n) is 3.95. The fraction of sp³-hybridized carbons (Fsp3) is 0.111. The minimum absolute atomic E-state index is 0.0870. The van der Waals surface area contributed by atoms with Gasteiger partial charge in [-0.2, -0.15) is 0 Å². The molecule has 74 valence electrons. The Hall–Kier alpha value is -1.49. The van der Waals surface area contributed by atoms with Crippen molar-refractivity contribution in [2.24, 2.45) is 11.5 Å². The number of hydrogen-bond donors (Lipinski definition) is 3. The van der Waals surface area contributed by atoms with E-state index in [1.807, 2.05) is 0 Å². The van der Waals surface area contributed by atoms with Crippen LogP contribution in [0.5, 0.6) is 0 Å². The molecule has 5 heteroatoms. The zero-order valence-corrected chi connectivity index (χ0v) is 8.30. The summed E-state index contributed by atoms with van der Waals surface area (Å²) in [7, 11) is 0. The maximum atomic E-state index is 10.7. The lowest BCUT2D eigenvalue weighted by Gasteiger charge is -2.00. The molecule has 0 bridgehead atoms. The molecule has 1 amide bonds. The number of carbonyl (C=O) groups excluding carboxylic acids is 1. The van der Waals surface area contributed by atoms with Crippen molar-refractivity contribution in [2.75, 3.05) is 0 Å². The monoisotopic (exact) mass is 209 g/mol. The molecule has 0 aliphatic heterocycles. The van der Waals surface area contributed by atoms with E-state index in [0.717, 1.165) is 5.56 Å². The number of thioether (sulfide) groups is 1. The number of benzene rings is 1. The van der Waals surface area contributed by atoms with Crippen LogP contribution in [0.4, 0.5) is 0 Å². The summed E-state index contributed by atoms with van der Waals surface area (Å²) < 4.78 is 0. The second kappa shape index (κ2) is 4.66. The van der Waals surface area contributed by atoms with Crippen molar-refractivity contribution in [1.82, 2.24) is 0 Å². The maximum absolute atomic E-state index is 10.7. The Kier molecular flexibility index (Phi) is 3.53. The minimum atomic E-state index is -0.434. The maximum Gasteiger partial charge on any atom is 0.248 e. The topological polar surface area (TPSA) is 93.0 Å². The van der Waals surface area contributed by atoms with E-state index in [1.54, 1.807) is 24.3 Å². The number of primary amides is 1. The second-order valence-corrected chi connectivity index (χ2v) is 3.73. The van der Waals surface area contributed by atoms with Crippen LogP contribution in [0.15, 0.2) is 24.3 Å². The van der Waals surface area contributed by atoms with E-state index >= 15 is 0 Å². The molecular formula is C9H11N3OS. The molecule has 0 saturated heterocycles. The van der Waals surface area contributed by atoms with E-state index in [9.17, 15) is 4.79 Å². The van der Waals surface area contributed by atoms with Crippen molar-refractivity contribution in [1.29, 1.82) is 5.41 Å². The summed E-state index contributed by atoms with van der Waals surface area (Å²) >= 11 is 1.24. The van der Waals surface area contributed by atoms with Gasteiger partial charge in [-0.3, -0.25) is 10.2 Å². The predicted molar refractivity (Wildman–Crippen MR) is 58.2 cm³/mol. The highest BCUT2D eigenvalue weighted by Gasteiger charge is 2.00. The molecule has 0 fully saturated rings. The molecule has 0 spiro atoms. The SMILES string of the molecule is N=C(N)SCc1ccc(C(N)=O)cc1. The largest absolute Gasteiger partial charge is 0.379 e. The van der Waals surface area contributed by atoms with Gasteiger partial charge in [0.05, 0.1) is 0 Å². The first-order valence-corrected chi connectivity index (χ1v) is 4.93. The highest BCUT2D eigenvalue weighted by Crippen LogP contribution is 2.12. The van der Waals surface area contributed by atoms with Crippen LogP contribution in [0.3, 0.4) is 0 Å². The summed E-state index contributed by atoms with van der Waals surface area (Å²) in [5.74, 6) is 0.199. The summed E-state index contributed by atoms with van der Waals surface area (Å²) in [6.07, 6.45) is 0.